The van der Waals surface area contributed by atoms with Crippen molar-refractivity contribution in [2.45, 2.75) is 13.5 Å². The van der Waals surface area contributed by atoms with Crippen LogP contribution in [-0.4, -0.2) is 24.4 Å². The largest absolute Gasteiger partial charge is 0.296 e. The molecule has 0 atom stereocenters. The average Bonchev–Trinajstić information content (AvgIpc) is 3.22. The highest BCUT2D eigenvalue weighted by Gasteiger charge is 2.12. The molecule has 3 heterocycles. The highest BCUT2D eigenvalue weighted by molar-refractivity contribution is 5.78. The molecule has 0 aliphatic heterocycles. The van der Waals surface area contributed by atoms with Crippen LogP contribution in [0.2, 0.25) is 0 Å². The van der Waals surface area contributed by atoms with Crippen molar-refractivity contribution in [1.29, 1.82) is 0 Å². The minimum atomic E-state index is -0.142. The maximum absolute atomic E-state index is 12.4. The topological polar surface area (TPSA) is 68.0 Å². The van der Waals surface area contributed by atoms with Crippen molar-refractivity contribution in [3.05, 3.63) is 65.3 Å². The number of aromatic nitrogens is 5. The maximum Gasteiger partial charge on any atom is 0.273 e. The summed E-state index contributed by atoms with van der Waals surface area (Å²) in [7, 11) is 0. The second-order valence-electron chi connectivity index (χ2n) is 5.28. The van der Waals surface area contributed by atoms with Crippen molar-refractivity contribution >= 4 is 5.65 Å². The zero-order valence-corrected chi connectivity index (χ0v) is 12.6. The number of aromatic amines is 1. The van der Waals surface area contributed by atoms with Gasteiger partial charge in [-0.05, 0) is 12.5 Å². The number of aryl methyl sites for hydroxylation is 1. The smallest absolute Gasteiger partial charge is 0.273 e. The summed E-state index contributed by atoms with van der Waals surface area (Å²) in [5.41, 5.74) is 3.85. The summed E-state index contributed by atoms with van der Waals surface area (Å²) in [6.07, 6.45) is 5.43. The molecule has 6 nitrogen and oxygen atoms in total. The Morgan fingerprint density at radius 3 is 2.74 bits per heavy atom. The van der Waals surface area contributed by atoms with Gasteiger partial charge in [-0.2, -0.15) is 5.10 Å². The van der Waals surface area contributed by atoms with Gasteiger partial charge < -0.3 is 0 Å². The van der Waals surface area contributed by atoms with E-state index in [1.807, 2.05) is 48.1 Å². The first kappa shape index (κ1) is 13.5. The molecule has 0 spiro atoms. The first-order valence-electron chi connectivity index (χ1n) is 7.45. The molecule has 0 amide bonds. The predicted octanol–water partition coefficient (Wildman–Crippen LogP) is 2.57. The summed E-state index contributed by atoms with van der Waals surface area (Å²) >= 11 is 0. The van der Waals surface area contributed by atoms with Crippen LogP contribution in [0.4, 0.5) is 0 Å². The Balaban J connectivity index is 1.93. The van der Waals surface area contributed by atoms with E-state index in [1.165, 1.54) is 10.6 Å². The molecule has 6 heteroatoms. The zero-order chi connectivity index (χ0) is 15.8. The van der Waals surface area contributed by atoms with E-state index in [4.69, 9.17) is 0 Å². The quantitative estimate of drug-likeness (QED) is 0.632. The van der Waals surface area contributed by atoms with E-state index in [2.05, 4.69) is 15.2 Å². The number of H-pyrrole nitrogens is 1. The molecule has 0 saturated heterocycles. The Hall–Kier alpha value is -3.15. The van der Waals surface area contributed by atoms with Gasteiger partial charge in [-0.15, -0.1) is 0 Å². The van der Waals surface area contributed by atoms with Gasteiger partial charge in [-0.1, -0.05) is 30.3 Å². The van der Waals surface area contributed by atoms with Crippen molar-refractivity contribution in [1.82, 2.24) is 24.4 Å². The number of nitrogens with one attached hydrogen (secondary N) is 1. The molecule has 1 aromatic carbocycles. The first-order chi connectivity index (χ1) is 11.3. The van der Waals surface area contributed by atoms with Crippen molar-refractivity contribution in [2.75, 3.05) is 0 Å². The van der Waals surface area contributed by atoms with Gasteiger partial charge in [-0.25, -0.2) is 9.50 Å². The lowest BCUT2D eigenvalue weighted by Crippen LogP contribution is -2.14. The average molecular weight is 305 g/mol. The molecule has 23 heavy (non-hydrogen) atoms. The highest BCUT2D eigenvalue weighted by Crippen LogP contribution is 2.24. The summed E-state index contributed by atoms with van der Waals surface area (Å²) < 4.78 is 3.27. The maximum atomic E-state index is 12.4. The van der Waals surface area contributed by atoms with Gasteiger partial charge in [0, 0.05) is 36.1 Å². The lowest BCUT2D eigenvalue weighted by Gasteiger charge is -2.01. The van der Waals surface area contributed by atoms with Crippen molar-refractivity contribution in [3.8, 4) is 22.4 Å². The second kappa shape index (κ2) is 5.24. The number of nitrogens with zero attached hydrogens (tertiary/aromatic N) is 4. The monoisotopic (exact) mass is 305 g/mol. The lowest BCUT2D eigenvalue weighted by atomic mass is 10.1. The molecule has 0 fully saturated rings. The van der Waals surface area contributed by atoms with Crippen LogP contribution < -0.4 is 5.56 Å². The standard InChI is InChI=1S/C17H15N5O/c1-2-21-11-13(9-18-21)15-8-16(23)22-17(20-15)14(10-19-22)12-6-4-3-5-7-12/h3-11,19H,2H2,1H3. The predicted molar refractivity (Wildman–Crippen MR) is 88.1 cm³/mol. The normalized spacial score (nSPS) is 11.2. The third-order valence-electron chi connectivity index (χ3n) is 3.84. The number of hydrogen-bond acceptors (Lipinski definition) is 3. The van der Waals surface area contributed by atoms with Crippen LogP contribution in [0.5, 0.6) is 0 Å². The van der Waals surface area contributed by atoms with Gasteiger partial charge in [-0.3, -0.25) is 14.6 Å². The van der Waals surface area contributed by atoms with E-state index in [0.717, 1.165) is 23.2 Å². The van der Waals surface area contributed by atoms with Crippen LogP contribution in [0.1, 0.15) is 6.92 Å². The van der Waals surface area contributed by atoms with Crippen LogP contribution in [-0.2, 0) is 6.54 Å². The molecule has 0 radical (unpaired) electrons. The number of rotatable bonds is 3. The van der Waals surface area contributed by atoms with Gasteiger partial charge >= 0.3 is 0 Å². The summed E-state index contributed by atoms with van der Waals surface area (Å²) in [6.45, 7) is 2.79. The molecule has 0 unspecified atom stereocenters. The van der Waals surface area contributed by atoms with Gasteiger partial charge in [0.15, 0.2) is 5.65 Å². The molecule has 0 saturated carbocycles. The summed E-state index contributed by atoms with van der Waals surface area (Å²) in [6, 6.07) is 11.4. The molecule has 0 bridgehead atoms. The third-order valence-corrected chi connectivity index (χ3v) is 3.84. The van der Waals surface area contributed by atoms with Crippen LogP contribution in [0.3, 0.4) is 0 Å². The van der Waals surface area contributed by atoms with Crippen LogP contribution >= 0.6 is 0 Å². The molecule has 0 aliphatic carbocycles. The first-order valence-corrected chi connectivity index (χ1v) is 7.45. The van der Waals surface area contributed by atoms with Crippen molar-refractivity contribution in [2.24, 2.45) is 0 Å². The van der Waals surface area contributed by atoms with Crippen molar-refractivity contribution in [3.63, 3.8) is 0 Å². The van der Waals surface area contributed by atoms with Gasteiger partial charge in [0.1, 0.15) is 0 Å². The van der Waals surface area contributed by atoms with Gasteiger partial charge in [0.25, 0.3) is 5.56 Å². The second-order valence-corrected chi connectivity index (χ2v) is 5.28. The van der Waals surface area contributed by atoms with Crippen molar-refractivity contribution < 1.29 is 0 Å². The molecular formula is C17H15N5O. The fourth-order valence-corrected chi connectivity index (χ4v) is 2.63. The summed E-state index contributed by atoms with van der Waals surface area (Å²) in [4.78, 5) is 17.0. The SMILES string of the molecule is CCn1cc(-c2cc(=O)n3[nH]cc(-c4ccccc4)c3n2)cn1. The third kappa shape index (κ3) is 2.24. The van der Waals surface area contributed by atoms with Crippen LogP contribution in [0.15, 0.2) is 59.8 Å². The minimum absolute atomic E-state index is 0.142. The van der Waals surface area contributed by atoms with Gasteiger partial charge in [0.2, 0.25) is 0 Å². The van der Waals surface area contributed by atoms with E-state index in [0.29, 0.717) is 11.3 Å². The Morgan fingerprint density at radius 1 is 1.17 bits per heavy atom. The van der Waals surface area contributed by atoms with Crippen LogP contribution in [0.25, 0.3) is 28.0 Å². The Kier molecular flexibility index (Phi) is 3.08. The molecule has 1 N–H and O–H groups in total. The summed E-state index contributed by atoms with van der Waals surface area (Å²) in [5, 5.41) is 7.22. The van der Waals surface area contributed by atoms with Crippen LogP contribution in [0, 0.1) is 0 Å². The number of hydrogen-bond donors (Lipinski definition) is 1. The molecule has 4 aromatic rings. The molecule has 3 aromatic heterocycles. The highest BCUT2D eigenvalue weighted by atomic mass is 16.1. The Morgan fingerprint density at radius 2 is 2.00 bits per heavy atom. The minimum Gasteiger partial charge on any atom is -0.296 e. The number of benzene rings is 1. The summed E-state index contributed by atoms with van der Waals surface area (Å²) in [5.74, 6) is 0. The lowest BCUT2D eigenvalue weighted by molar-refractivity contribution is 0.660. The molecular weight excluding hydrogens is 290 g/mol. The zero-order valence-electron chi connectivity index (χ0n) is 12.6. The molecule has 0 aliphatic rings. The van der Waals surface area contributed by atoms with Gasteiger partial charge in [0.05, 0.1) is 11.9 Å². The van der Waals surface area contributed by atoms with E-state index in [9.17, 15) is 4.79 Å². The van der Waals surface area contributed by atoms with E-state index in [1.54, 1.807) is 12.4 Å². The van der Waals surface area contributed by atoms with E-state index < -0.39 is 0 Å². The fraction of sp³-hybridized carbons (Fsp3) is 0.118. The van der Waals surface area contributed by atoms with E-state index >= 15 is 0 Å². The number of fused-ring (bicyclic) bond motifs is 1. The van der Waals surface area contributed by atoms with E-state index in [-0.39, 0.29) is 5.56 Å². The Labute approximate surface area is 132 Å². The molecule has 114 valence electrons. The Bertz CT molecular complexity index is 1030. The fourth-order valence-electron chi connectivity index (χ4n) is 2.63. The molecule has 4 rings (SSSR count).